The first-order valence-electron chi connectivity index (χ1n) is 5.69. The molecule has 0 aromatic heterocycles. The molecule has 2 unspecified atom stereocenters. The zero-order valence-electron chi connectivity index (χ0n) is 10.2. The second-order valence-electron chi connectivity index (χ2n) is 4.31. The molecule has 0 aromatic rings. The molecule has 1 heterocycles. The van der Waals surface area contributed by atoms with Gasteiger partial charge >= 0.3 is 18.2 Å². The summed E-state index contributed by atoms with van der Waals surface area (Å²) in [6, 6.07) is -2.31. The number of rotatable bonds is 3. The number of β-amino-alcohol motifs (C(OH)–C–C–N with tert-alkyl or cyclic N) is 1. The van der Waals surface area contributed by atoms with E-state index in [0.717, 1.165) is 4.90 Å². The highest BCUT2D eigenvalue weighted by Gasteiger charge is 2.42. The van der Waals surface area contributed by atoms with Crippen molar-refractivity contribution in [1.82, 2.24) is 9.80 Å². The normalized spacial score (nSPS) is 23.5. The number of carbonyl (C=O) groups excluding carboxylic acids is 1. The summed E-state index contributed by atoms with van der Waals surface area (Å²) in [4.78, 5) is 24.1. The van der Waals surface area contributed by atoms with Crippen molar-refractivity contribution >= 4 is 12.0 Å². The van der Waals surface area contributed by atoms with Crippen molar-refractivity contribution in [3.63, 3.8) is 0 Å². The van der Waals surface area contributed by atoms with Gasteiger partial charge in [0.2, 0.25) is 0 Å². The van der Waals surface area contributed by atoms with Crippen LogP contribution in [0.2, 0.25) is 0 Å². The van der Waals surface area contributed by atoms with Crippen molar-refractivity contribution in [3.05, 3.63) is 0 Å². The minimum atomic E-state index is -4.55. The fourth-order valence-corrected chi connectivity index (χ4v) is 1.97. The molecule has 0 aromatic carbocycles. The van der Waals surface area contributed by atoms with Gasteiger partial charge < -0.3 is 20.0 Å². The number of halogens is 3. The van der Waals surface area contributed by atoms with Gasteiger partial charge in [0, 0.05) is 19.5 Å². The molecule has 0 radical (unpaired) electrons. The van der Waals surface area contributed by atoms with Gasteiger partial charge in [-0.05, 0) is 6.92 Å². The van der Waals surface area contributed by atoms with E-state index in [1.54, 1.807) is 0 Å². The summed E-state index contributed by atoms with van der Waals surface area (Å²) in [5, 5.41) is 18.2. The lowest BCUT2D eigenvalue weighted by Crippen LogP contribution is -2.50. The molecule has 0 saturated carbocycles. The number of urea groups is 1. The fourth-order valence-electron chi connectivity index (χ4n) is 1.97. The van der Waals surface area contributed by atoms with Gasteiger partial charge in [-0.15, -0.1) is 0 Å². The molecule has 19 heavy (non-hydrogen) atoms. The lowest BCUT2D eigenvalue weighted by atomic mass is 10.2. The Morgan fingerprint density at radius 3 is 2.42 bits per heavy atom. The van der Waals surface area contributed by atoms with Crippen LogP contribution in [-0.4, -0.2) is 70.0 Å². The fraction of sp³-hybridized carbons (Fsp3) is 0.800. The van der Waals surface area contributed by atoms with Gasteiger partial charge in [-0.1, -0.05) is 0 Å². The van der Waals surface area contributed by atoms with Crippen LogP contribution in [0.15, 0.2) is 0 Å². The molecule has 2 amide bonds. The molecule has 2 atom stereocenters. The van der Waals surface area contributed by atoms with Crippen LogP contribution in [0.25, 0.3) is 0 Å². The molecule has 110 valence electrons. The number of hydrogen-bond donors (Lipinski definition) is 2. The Labute approximate surface area is 107 Å². The van der Waals surface area contributed by atoms with E-state index >= 15 is 0 Å². The highest BCUT2D eigenvalue weighted by molar-refractivity contribution is 5.83. The van der Waals surface area contributed by atoms with Crippen molar-refractivity contribution in [2.75, 3.05) is 19.6 Å². The molecule has 1 aliphatic rings. The standard InChI is InChI=1S/C10H15F3N2O4/c1-2-14(5-10(11,12)13)9(19)15-4-6(16)3-7(15)8(17)18/h6-7,16H,2-5H2,1H3,(H,17,18). The first-order valence-corrected chi connectivity index (χ1v) is 5.69. The highest BCUT2D eigenvalue weighted by atomic mass is 19.4. The van der Waals surface area contributed by atoms with Crippen molar-refractivity contribution in [2.45, 2.75) is 31.7 Å². The second-order valence-corrected chi connectivity index (χ2v) is 4.31. The van der Waals surface area contributed by atoms with Gasteiger partial charge in [0.25, 0.3) is 0 Å². The molecule has 1 rings (SSSR count). The number of carbonyl (C=O) groups is 2. The van der Waals surface area contributed by atoms with E-state index in [-0.39, 0.29) is 19.5 Å². The molecule has 0 spiro atoms. The summed E-state index contributed by atoms with van der Waals surface area (Å²) < 4.78 is 36.9. The van der Waals surface area contributed by atoms with Crippen LogP contribution in [-0.2, 0) is 4.79 Å². The number of aliphatic hydroxyl groups is 1. The maximum atomic E-state index is 12.3. The third-order valence-corrected chi connectivity index (χ3v) is 2.83. The van der Waals surface area contributed by atoms with Crippen LogP contribution < -0.4 is 0 Å². The molecule has 1 saturated heterocycles. The van der Waals surface area contributed by atoms with Gasteiger partial charge in [0.15, 0.2) is 0 Å². The number of nitrogens with zero attached hydrogens (tertiary/aromatic N) is 2. The largest absolute Gasteiger partial charge is 0.480 e. The maximum absolute atomic E-state index is 12.3. The van der Waals surface area contributed by atoms with Crippen molar-refractivity contribution in [2.24, 2.45) is 0 Å². The van der Waals surface area contributed by atoms with Crippen molar-refractivity contribution < 1.29 is 33.0 Å². The predicted octanol–water partition coefficient (Wildman–Crippen LogP) is 0.510. The third kappa shape index (κ3) is 3.98. The van der Waals surface area contributed by atoms with Crippen LogP contribution in [0.4, 0.5) is 18.0 Å². The average Bonchev–Trinajstić information content (AvgIpc) is 2.66. The van der Waals surface area contributed by atoms with Gasteiger partial charge in [-0.3, -0.25) is 0 Å². The molecule has 0 aliphatic carbocycles. The SMILES string of the molecule is CCN(CC(F)(F)F)C(=O)N1CC(O)CC1C(=O)O. The number of aliphatic carboxylic acids is 1. The summed E-state index contributed by atoms with van der Waals surface area (Å²) in [6.07, 6.45) is -5.76. The monoisotopic (exact) mass is 284 g/mol. The van der Waals surface area contributed by atoms with E-state index < -0.39 is 36.9 Å². The minimum Gasteiger partial charge on any atom is -0.480 e. The van der Waals surface area contributed by atoms with Gasteiger partial charge in [-0.2, -0.15) is 13.2 Å². The summed E-state index contributed by atoms with van der Waals surface area (Å²) in [6.45, 7) is -0.547. The quantitative estimate of drug-likeness (QED) is 0.791. The molecule has 0 bridgehead atoms. The molecule has 1 fully saturated rings. The van der Waals surface area contributed by atoms with Gasteiger partial charge in [0.1, 0.15) is 12.6 Å². The average molecular weight is 284 g/mol. The molecular weight excluding hydrogens is 269 g/mol. The lowest BCUT2D eigenvalue weighted by molar-refractivity contribution is -0.143. The summed E-state index contributed by atoms with van der Waals surface area (Å²) in [5.74, 6) is -1.34. The van der Waals surface area contributed by atoms with Crippen LogP contribution in [0.5, 0.6) is 0 Å². The van der Waals surface area contributed by atoms with E-state index in [2.05, 4.69) is 0 Å². The lowest BCUT2D eigenvalue weighted by Gasteiger charge is -2.29. The first kappa shape index (κ1) is 15.5. The third-order valence-electron chi connectivity index (χ3n) is 2.83. The second kappa shape index (κ2) is 5.64. The first-order chi connectivity index (χ1) is 8.65. The Morgan fingerprint density at radius 1 is 1.42 bits per heavy atom. The molecular formula is C10H15F3N2O4. The Balaban J connectivity index is 2.81. The van der Waals surface area contributed by atoms with Crippen molar-refractivity contribution in [3.8, 4) is 0 Å². The predicted molar refractivity (Wildman–Crippen MR) is 57.5 cm³/mol. The minimum absolute atomic E-state index is 0.176. The van der Waals surface area contributed by atoms with Crippen LogP contribution >= 0.6 is 0 Å². The summed E-state index contributed by atoms with van der Waals surface area (Å²) >= 11 is 0. The number of hydrogen-bond acceptors (Lipinski definition) is 3. The van der Waals surface area contributed by atoms with Crippen LogP contribution in [0, 0.1) is 0 Å². The number of aliphatic hydroxyl groups excluding tert-OH is 1. The van der Waals surface area contributed by atoms with E-state index in [9.17, 15) is 27.9 Å². The molecule has 6 nitrogen and oxygen atoms in total. The Kier molecular flexibility index (Phi) is 4.61. The van der Waals surface area contributed by atoms with Gasteiger partial charge in [0.05, 0.1) is 6.10 Å². The zero-order valence-corrected chi connectivity index (χ0v) is 10.2. The van der Waals surface area contributed by atoms with Gasteiger partial charge in [-0.25, -0.2) is 9.59 Å². The van der Waals surface area contributed by atoms with Crippen molar-refractivity contribution in [1.29, 1.82) is 0 Å². The summed E-state index contributed by atoms with van der Waals surface area (Å²) in [5.41, 5.74) is 0. The van der Waals surface area contributed by atoms with Crippen LogP contribution in [0.3, 0.4) is 0 Å². The zero-order chi connectivity index (χ0) is 14.8. The molecule has 9 heteroatoms. The number of likely N-dealkylation sites (tertiary alicyclic amines) is 1. The van der Waals surface area contributed by atoms with Crippen LogP contribution in [0.1, 0.15) is 13.3 Å². The Bertz CT molecular complexity index is 361. The number of carboxylic acid groups (broad SMARTS) is 1. The highest BCUT2D eigenvalue weighted by Crippen LogP contribution is 2.22. The summed E-state index contributed by atoms with van der Waals surface area (Å²) in [7, 11) is 0. The number of carboxylic acids is 1. The Morgan fingerprint density at radius 2 is 2.00 bits per heavy atom. The number of alkyl halides is 3. The van der Waals surface area contributed by atoms with E-state index in [0.29, 0.717) is 4.90 Å². The van der Waals surface area contributed by atoms with E-state index in [4.69, 9.17) is 5.11 Å². The van der Waals surface area contributed by atoms with E-state index in [1.807, 2.05) is 0 Å². The number of amides is 2. The van der Waals surface area contributed by atoms with E-state index in [1.165, 1.54) is 6.92 Å². The molecule has 2 N–H and O–H groups in total. The Hall–Kier alpha value is -1.51. The maximum Gasteiger partial charge on any atom is 0.406 e. The topological polar surface area (TPSA) is 81.1 Å². The smallest absolute Gasteiger partial charge is 0.406 e. The molecule has 1 aliphatic heterocycles.